The van der Waals surface area contributed by atoms with Crippen molar-refractivity contribution < 1.29 is 14.3 Å². The van der Waals surface area contributed by atoms with Gasteiger partial charge in [-0.3, -0.25) is 4.79 Å². The number of rotatable bonds is 8. The van der Waals surface area contributed by atoms with Gasteiger partial charge in [-0.05, 0) is 50.1 Å². The van der Waals surface area contributed by atoms with Gasteiger partial charge in [-0.1, -0.05) is 13.8 Å². The first-order valence-electron chi connectivity index (χ1n) is 10.8. The SMILES string of the molecule is C/C(N)=C/C=C(\N)[C@@H](C)NC(=O)c1cc(O[C@@H]2CCOC2)cc(-c2ncc(C(C)C)s2)c1. The average molecular weight is 457 g/mol. The normalized spacial score (nSPS) is 18.1. The quantitative estimate of drug-likeness (QED) is 0.519. The van der Waals surface area contributed by atoms with Gasteiger partial charge in [-0.25, -0.2) is 4.98 Å². The summed E-state index contributed by atoms with van der Waals surface area (Å²) in [6, 6.07) is 5.17. The zero-order chi connectivity index (χ0) is 23.3. The van der Waals surface area contributed by atoms with Gasteiger partial charge in [-0.2, -0.15) is 0 Å². The summed E-state index contributed by atoms with van der Waals surface area (Å²) in [6.45, 7) is 9.11. The molecule has 172 valence electrons. The third-order valence-corrected chi connectivity index (χ3v) is 6.43. The number of nitrogens with one attached hydrogen (secondary N) is 1. The lowest BCUT2D eigenvalue weighted by atomic mass is 10.1. The van der Waals surface area contributed by atoms with Crippen LogP contribution in [0.5, 0.6) is 5.75 Å². The van der Waals surface area contributed by atoms with Crippen molar-refractivity contribution in [3.05, 3.63) is 58.4 Å². The molecule has 1 fully saturated rings. The fourth-order valence-corrected chi connectivity index (χ4v) is 4.05. The Balaban J connectivity index is 1.88. The largest absolute Gasteiger partial charge is 0.488 e. The highest BCUT2D eigenvalue weighted by Crippen LogP contribution is 2.33. The first-order valence-corrected chi connectivity index (χ1v) is 11.6. The molecule has 1 saturated heterocycles. The molecule has 0 bridgehead atoms. The molecule has 3 rings (SSSR count). The Labute approximate surface area is 193 Å². The maximum Gasteiger partial charge on any atom is 0.251 e. The molecule has 7 nitrogen and oxygen atoms in total. The molecule has 2 heterocycles. The number of hydrogen-bond acceptors (Lipinski definition) is 7. The van der Waals surface area contributed by atoms with Gasteiger partial charge >= 0.3 is 0 Å². The van der Waals surface area contributed by atoms with E-state index in [2.05, 4.69) is 24.1 Å². The third-order valence-electron chi connectivity index (χ3n) is 5.09. The smallest absolute Gasteiger partial charge is 0.251 e. The van der Waals surface area contributed by atoms with E-state index in [4.69, 9.17) is 20.9 Å². The molecule has 1 amide bonds. The Morgan fingerprint density at radius 3 is 2.69 bits per heavy atom. The minimum atomic E-state index is -0.359. The highest BCUT2D eigenvalue weighted by molar-refractivity contribution is 7.15. The highest BCUT2D eigenvalue weighted by Gasteiger charge is 2.20. The number of nitrogens with zero attached hydrogens (tertiary/aromatic N) is 1. The Bertz CT molecular complexity index is 1000. The van der Waals surface area contributed by atoms with Gasteiger partial charge in [0.15, 0.2) is 0 Å². The van der Waals surface area contributed by atoms with Crippen molar-refractivity contribution in [1.82, 2.24) is 10.3 Å². The van der Waals surface area contributed by atoms with Gasteiger partial charge in [0.05, 0.1) is 19.3 Å². The Morgan fingerprint density at radius 2 is 2.06 bits per heavy atom. The molecule has 0 radical (unpaired) electrons. The maximum atomic E-state index is 13.1. The molecule has 1 aromatic carbocycles. The third kappa shape index (κ3) is 6.34. The lowest BCUT2D eigenvalue weighted by Gasteiger charge is -2.17. The molecule has 1 aliphatic heterocycles. The van der Waals surface area contributed by atoms with Crippen molar-refractivity contribution in [3.8, 4) is 16.3 Å². The van der Waals surface area contributed by atoms with Crippen LogP contribution in [-0.2, 0) is 4.74 Å². The van der Waals surface area contributed by atoms with Crippen molar-refractivity contribution in [2.45, 2.75) is 52.2 Å². The number of amides is 1. The van der Waals surface area contributed by atoms with E-state index in [1.165, 1.54) is 4.88 Å². The van der Waals surface area contributed by atoms with Crippen LogP contribution in [0, 0.1) is 0 Å². The molecule has 8 heteroatoms. The van der Waals surface area contributed by atoms with E-state index in [1.807, 2.05) is 25.3 Å². The summed E-state index contributed by atoms with van der Waals surface area (Å²) in [5.74, 6) is 0.778. The van der Waals surface area contributed by atoms with Crippen LogP contribution in [0.15, 0.2) is 47.9 Å². The standard InChI is InChI=1S/C24H32N4O3S/c1-14(2)22-12-27-24(32-22)18-9-17(10-20(11-18)31-19-7-8-30-13-19)23(29)28-16(4)21(26)6-5-15(3)25/h5-6,9-12,14,16,19H,7-8,13,25-26H2,1-4H3,(H,28,29)/b15-5-,21-6-/t16-,19-/m1/s1. The second kappa shape index (κ2) is 10.7. The number of nitrogens with two attached hydrogens (primary N) is 2. The van der Waals surface area contributed by atoms with Gasteiger partial charge in [0, 0.05) is 40.0 Å². The number of carbonyl (C=O) groups is 1. The van der Waals surface area contributed by atoms with E-state index in [1.54, 1.807) is 36.5 Å². The molecule has 0 aliphatic carbocycles. The number of carbonyl (C=O) groups excluding carboxylic acids is 1. The Morgan fingerprint density at radius 1 is 1.28 bits per heavy atom. The van der Waals surface area contributed by atoms with Crippen molar-refractivity contribution in [3.63, 3.8) is 0 Å². The van der Waals surface area contributed by atoms with Crippen LogP contribution < -0.4 is 21.5 Å². The average Bonchev–Trinajstić information content (AvgIpc) is 3.43. The number of aromatic nitrogens is 1. The van der Waals surface area contributed by atoms with Crippen LogP contribution in [0.1, 0.15) is 55.3 Å². The summed E-state index contributed by atoms with van der Waals surface area (Å²) in [4.78, 5) is 18.8. The zero-order valence-electron chi connectivity index (χ0n) is 19.1. The predicted octanol–water partition coefficient (Wildman–Crippen LogP) is 3.92. The summed E-state index contributed by atoms with van der Waals surface area (Å²) < 4.78 is 11.5. The first kappa shape index (κ1) is 23.8. The monoisotopic (exact) mass is 456 g/mol. The van der Waals surface area contributed by atoms with Crippen LogP contribution in [0.25, 0.3) is 10.6 Å². The number of allylic oxidation sites excluding steroid dienone is 3. The molecule has 5 N–H and O–H groups in total. The molecule has 0 saturated carbocycles. The molecule has 2 aromatic rings. The van der Waals surface area contributed by atoms with E-state index >= 15 is 0 Å². The summed E-state index contributed by atoms with van der Waals surface area (Å²) in [5.41, 5.74) is 14.2. The van der Waals surface area contributed by atoms with Gasteiger partial charge in [-0.15, -0.1) is 11.3 Å². The second-order valence-corrected chi connectivity index (χ2v) is 9.41. The summed E-state index contributed by atoms with van der Waals surface area (Å²) in [6.07, 6.45) is 6.11. The Hall–Kier alpha value is -2.84. The van der Waals surface area contributed by atoms with Crippen molar-refractivity contribution in [1.29, 1.82) is 0 Å². The molecule has 32 heavy (non-hydrogen) atoms. The molecule has 1 aliphatic rings. The predicted molar refractivity (Wildman–Crippen MR) is 129 cm³/mol. The fourth-order valence-electron chi connectivity index (χ4n) is 3.14. The highest BCUT2D eigenvalue weighted by atomic mass is 32.1. The van der Waals surface area contributed by atoms with Crippen LogP contribution >= 0.6 is 11.3 Å². The van der Waals surface area contributed by atoms with E-state index in [9.17, 15) is 4.79 Å². The van der Waals surface area contributed by atoms with Crippen molar-refractivity contribution in [2.75, 3.05) is 13.2 Å². The molecular formula is C24H32N4O3S. The van der Waals surface area contributed by atoms with Gasteiger partial charge in [0.2, 0.25) is 0 Å². The summed E-state index contributed by atoms with van der Waals surface area (Å²) in [7, 11) is 0. The lowest BCUT2D eigenvalue weighted by Crippen LogP contribution is -2.36. The fraction of sp³-hybridized carbons (Fsp3) is 0.417. The molecule has 0 unspecified atom stereocenters. The topological polar surface area (TPSA) is 112 Å². The molecule has 2 atom stereocenters. The first-order chi connectivity index (χ1) is 15.2. The van der Waals surface area contributed by atoms with Crippen LogP contribution in [-0.4, -0.2) is 36.3 Å². The van der Waals surface area contributed by atoms with Gasteiger partial charge in [0.25, 0.3) is 5.91 Å². The van der Waals surface area contributed by atoms with Crippen LogP contribution in [0.3, 0.4) is 0 Å². The van der Waals surface area contributed by atoms with Gasteiger partial charge < -0.3 is 26.3 Å². The summed E-state index contributed by atoms with van der Waals surface area (Å²) >= 11 is 1.62. The number of benzene rings is 1. The van der Waals surface area contributed by atoms with E-state index < -0.39 is 0 Å². The summed E-state index contributed by atoms with van der Waals surface area (Å²) in [5, 5.41) is 3.80. The lowest BCUT2D eigenvalue weighted by molar-refractivity contribution is 0.0944. The second-order valence-electron chi connectivity index (χ2n) is 8.34. The maximum absolute atomic E-state index is 13.1. The molecule has 1 aromatic heterocycles. The van der Waals surface area contributed by atoms with Crippen LogP contribution in [0.4, 0.5) is 0 Å². The zero-order valence-corrected chi connectivity index (χ0v) is 19.9. The Kier molecular flexibility index (Phi) is 7.93. The van der Waals surface area contributed by atoms with Crippen molar-refractivity contribution in [2.24, 2.45) is 11.5 Å². The van der Waals surface area contributed by atoms with Gasteiger partial charge in [0.1, 0.15) is 16.9 Å². The molecule has 0 spiro atoms. The number of ether oxygens (including phenoxy) is 2. The van der Waals surface area contributed by atoms with E-state index in [0.717, 1.165) is 17.0 Å². The minimum Gasteiger partial charge on any atom is -0.488 e. The number of hydrogen-bond donors (Lipinski definition) is 3. The van der Waals surface area contributed by atoms with Crippen molar-refractivity contribution >= 4 is 17.2 Å². The van der Waals surface area contributed by atoms with E-state index in [0.29, 0.717) is 41.8 Å². The molecular weight excluding hydrogens is 424 g/mol. The van der Waals surface area contributed by atoms with E-state index in [-0.39, 0.29) is 18.1 Å². The minimum absolute atomic E-state index is 0.0209. The number of thiazole rings is 1. The van der Waals surface area contributed by atoms with Crippen LogP contribution in [0.2, 0.25) is 0 Å².